The van der Waals surface area contributed by atoms with Crippen LogP contribution in [0.15, 0.2) is 86.2 Å². The van der Waals surface area contributed by atoms with Gasteiger partial charge in [0.25, 0.3) is 5.56 Å². The van der Waals surface area contributed by atoms with Crippen molar-refractivity contribution in [3.8, 4) is 5.69 Å². The lowest BCUT2D eigenvalue weighted by atomic mass is 10.3. The first-order valence-electron chi connectivity index (χ1n) is 8.37. The summed E-state index contributed by atoms with van der Waals surface area (Å²) in [5, 5.41) is 18.8. The molecule has 0 radical (unpaired) electrons. The second-order valence-corrected chi connectivity index (χ2v) is 7.98. The Morgan fingerprint density at radius 2 is 1.50 bits per heavy atom. The summed E-state index contributed by atoms with van der Waals surface area (Å²) in [6.45, 7) is -1.00. The lowest BCUT2D eigenvalue weighted by molar-refractivity contribution is 0.0796. The van der Waals surface area contributed by atoms with Crippen molar-refractivity contribution in [2.45, 2.75) is 22.4 Å². The molecule has 0 bridgehead atoms. The van der Waals surface area contributed by atoms with Gasteiger partial charge in [-0.1, -0.05) is 36.4 Å². The minimum absolute atomic E-state index is 0.0976. The molecule has 2 N–H and O–H groups in total. The van der Waals surface area contributed by atoms with E-state index in [1.54, 1.807) is 24.3 Å². The molecule has 146 valence electrons. The number of aliphatic hydroxyl groups is 2. The van der Waals surface area contributed by atoms with E-state index in [0.29, 0.717) is 0 Å². The van der Waals surface area contributed by atoms with Gasteiger partial charge in [0.15, 0.2) is 4.90 Å². The van der Waals surface area contributed by atoms with Crippen LogP contribution >= 0.6 is 0 Å². The quantitative estimate of drug-likeness (QED) is 0.607. The molecule has 0 saturated heterocycles. The number of rotatable bonds is 6. The van der Waals surface area contributed by atoms with Crippen LogP contribution in [-0.2, 0) is 16.4 Å². The molecular weight excluding hydrogens is 384 g/mol. The van der Waals surface area contributed by atoms with E-state index in [4.69, 9.17) is 5.11 Å². The number of sulfone groups is 1. The van der Waals surface area contributed by atoms with E-state index >= 15 is 0 Å². The molecular formula is C19H18N2O6S. The molecule has 8 nitrogen and oxygen atoms in total. The molecule has 0 aliphatic rings. The molecule has 2 aromatic carbocycles. The monoisotopic (exact) mass is 402 g/mol. The van der Waals surface area contributed by atoms with Crippen molar-refractivity contribution < 1.29 is 18.6 Å². The van der Waals surface area contributed by atoms with Crippen LogP contribution in [0, 0.1) is 0 Å². The van der Waals surface area contributed by atoms with Crippen molar-refractivity contribution in [3.63, 3.8) is 0 Å². The fourth-order valence-corrected chi connectivity index (χ4v) is 4.07. The Morgan fingerprint density at radius 1 is 0.929 bits per heavy atom. The number of para-hydroxylation sites is 1. The summed E-state index contributed by atoms with van der Waals surface area (Å²) in [7, 11) is -4.22. The molecule has 0 amide bonds. The molecule has 1 aromatic heterocycles. The first kappa shape index (κ1) is 19.7. The number of benzene rings is 2. The van der Waals surface area contributed by atoms with Crippen molar-refractivity contribution in [3.05, 3.63) is 87.7 Å². The maximum absolute atomic E-state index is 13.0. The zero-order valence-electron chi connectivity index (χ0n) is 14.7. The molecule has 3 rings (SSSR count). The lowest BCUT2D eigenvalue weighted by Gasteiger charge is -2.15. The summed E-state index contributed by atoms with van der Waals surface area (Å²) < 4.78 is 27.7. The van der Waals surface area contributed by atoms with Crippen LogP contribution in [0.1, 0.15) is 0 Å². The van der Waals surface area contributed by atoms with Gasteiger partial charge < -0.3 is 10.2 Å². The lowest BCUT2D eigenvalue weighted by Crippen LogP contribution is -2.42. The molecule has 0 aliphatic heterocycles. The number of aromatic nitrogens is 2. The van der Waals surface area contributed by atoms with Crippen molar-refractivity contribution in [2.24, 2.45) is 0 Å². The van der Waals surface area contributed by atoms with Crippen LogP contribution in [0.5, 0.6) is 0 Å². The number of hydrogen-bond acceptors (Lipinski definition) is 6. The van der Waals surface area contributed by atoms with Gasteiger partial charge in [0, 0.05) is 6.20 Å². The minimum atomic E-state index is -4.22. The fraction of sp³-hybridized carbons (Fsp3) is 0.158. The van der Waals surface area contributed by atoms with Gasteiger partial charge >= 0.3 is 5.69 Å². The van der Waals surface area contributed by atoms with Crippen molar-refractivity contribution in [1.29, 1.82) is 0 Å². The Morgan fingerprint density at radius 3 is 2.07 bits per heavy atom. The van der Waals surface area contributed by atoms with E-state index < -0.39 is 38.7 Å². The van der Waals surface area contributed by atoms with Crippen LogP contribution in [0.3, 0.4) is 0 Å². The molecule has 0 saturated carbocycles. The normalized spacial score (nSPS) is 12.6. The molecule has 0 aliphatic carbocycles. The molecule has 3 aromatic rings. The molecule has 0 fully saturated rings. The van der Waals surface area contributed by atoms with Crippen LogP contribution in [0.2, 0.25) is 0 Å². The first-order valence-corrected chi connectivity index (χ1v) is 9.85. The number of nitrogens with zero attached hydrogens (tertiary/aromatic N) is 2. The Kier molecular flexibility index (Phi) is 5.59. The third kappa shape index (κ3) is 3.68. The van der Waals surface area contributed by atoms with Gasteiger partial charge in [0.2, 0.25) is 9.84 Å². The van der Waals surface area contributed by atoms with Crippen molar-refractivity contribution >= 4 is 9.84 Å². The Hall–Kier alpha value is -3.01. The van der Waals surface area contributed by atoms with Crippen LogP contribution in [0.25, 0.3) is 5.69 Å². The zero-order chi connectivity index (χ0) is 20.3. The molecule has 1 atom stereocenters. The fourth-order valence-electron chi connectivity index (χ4n) is 2.71. The molecule has 1 heterocycles. The molecule has 0 spiro atoms. The van der Waals surface area contributed by atoms with E-state index in [0.717, 1.165) is 15.3 Å². The van der Waals surface area contributed by atoms with Gasteiger partial charge in [0.05, 0.1) is 29.8 Å². The van der Waals surface area contributed by atoms with Gasteiger partial charge in [-0.05, 0) is 24.3 Å². The summed E-state index contributed by atoms with van der Waals surface area (Å²) in [5.41, 5.74) is -1.62. The van der Waals surface area contributed by atoms with E-state index in [1.807, 2.05) is 0 Å². The van der Waals surface area contributed by atoms with Crippen LogP contribution in [-0.4, -0.2) is 40.5 Å². The van der Waals surface area contributed by atoms with Crippen molar-refractivity contribution in [1.82, 2.24) is 9.13 Å². The Bertz CT molecular complexity index is 1180. The highest BCUT2D eigenvalue weighted by atomic mass is 32.2. The van der Waals surface area contributed by atoms with E-state index in [2.05, 4.69) is 0 Å². The van der Waals surface area contributed by atoms with Crippen LogP contribution < -0.4 is 11.2 Å². The zero-order valence-corrected chi connectivity index (χ0v) is 15.5. The van der Waals surface area contributed by atoms with Gasteiger partial charge in [-0.3, -0.25) is 9.36 Å². The third-order valence-electron chi connectivity index (χ3n) is 4.10. The van der Waals surface area contributed by atoms with Gasteiger partial charge in [-0.15, -0.1) is 0 Å². The summed E-state index contributed by atoms with van der Waals surface area (Å²) in [6, 6.07) is 15.3. The number of hydrogen-bond donors (Lipinski definition) is 2. The van der Waals surface area contributed by atoms with E-state index in [1.165, 1.54) is 36.4 Å². The molecule has 28 heavy (non-hydrogen) atoms. The Labute approximate surface area is 160 Å². The topological polar surface area (TPSA) is 119 Å². The second kappa shape index (κ2) is 7.93. The second-order valence-electron chi connectivity index (χ2n) is 6.06. The maximum Gasteiger partial charge on any atom is 0.335 e. The van der Waals surface area contributed by atoms with E-state index in [9.17, 15) is 23.1 Å². The van der Waals surface area contributed by atoms with Crippen LogP contribution in [0.4, 0.5) is 0 Å². The predicted molar refractivity (Wildman–Crippen MR) is 101 cm³/mol. The molecule has 0 unspecified atom stereocenters. The summed E-state index contributed by atoms with van der Waals surface area (Å²) in [4.78, 5) is 25.1. The smallest absolute Gasteiger partial charge is 0.335 e. The number of aliphatic hydroxyl groups excluding tert-OH is 2. The third-order valence-corrected chi connectivity index (χ3v) is 5.85. The largest absolute Gasteiger partial charge is 0.394 e. The highest BCUT2D eigenvalue weighted by Gasteiger charge is 2.26. The Balaban J connectivity index is 2.33. The average Bonchev–Trinajstić information content (AvgIpc) is 2.71. The highest BCUT2D eigenvalue weighted by molar-refractivity contribution is 7.91. The first-order chi connectivity index (χ1) is 13.4. The summed E-state index contributed by atoms with van der Waals surface area (Å²) in [5.74, 6) is 0. The minimum Gasteiger partial charge on any atom is -0.394 e. The maximum atomic E-state index is 13.0. The predicted octanol–water partition coefficient (Wildman–Crippen LogP) is 0.185. The average molecular weight is 402 g/mol. The standard InChI is InChI=1S/C19H18N2O6S/c22-13-15(23)11-20-12-17(28(26,27)16-9-5-2-6-10-16)18(24)21(19(20)25)14-7-3-1-4-8-14/h1-10,12,15,22-23H,11,13H2/t15-/m0/s1. The van der Waals surface area contributed by atoms with Crippen molar-refractivity contribution in [2.75, 3.05) is 6.61 Å². The highest BCUT2D eigenvalue weighted by Crippen LogP contribution is 2.17. The summed E-state index contributed by atoms with van der Waals surface area (Å²) >= 11 is 0. The van der Waals surface area contributed by atoms with E-state index in [-0.39, 0.29) is 17.1 Å². The van der Waals surface area contributed by atoms with Gasteiger partial charge in [-0.2, -0.15) is 0 Å². The van der Waals surface area contributed by atoms with Gasteiger partial charge in [0.1, 0.15) is 0 Å². The molecule has 9 heteroatoms. The SMILES string of the molecule is O=c1c(S(=O)(=O)c2ccccc2)cn(C[C@H](O)CO)c(=O)n1-c1ccccc1. The summed E-state index contributed by atoms with van der Waals surface area (Å²) in [6.07, 6.45) is -0.391. The van der Waals surface area contributed by atoms with Gasteiger partial charge in [-0.25, -0.2) is 17.8 Å².